The molecule has 1 saturated carbocycles. The first-order chi connectivity index (χ1) is 18.4. The van der Waals surface area contributed by atoms with Crippen molar-refractivity contribution >= 4 is 23.6 Å². The van der Waals surface area contributed by atoms with Gasteiger partial charge in [0.15, 0.2) is 0 Å². The lowest BCUT2D eigenvalue weighted by Crippen LogP contribution is -2.44. The predicted molar refractivity (Wildman–Crippen MR) is 144 cm³/mol. The molecule has 1 aliphatic carbocycles. The molecule has 0 saturated heterocycles. The van der Waals surface area contributed by atoms with Gasteiger partial charge in [0.2, 0.25) is 5.88 Å². The van der Waals surface area contributed by atoms with Gasteiger partial charge >= 0.3 is 0 Å². The Morgan fingerprint density at radius 3 is 2.45 bits per heavy atom. The van der Waals surface area contributed by atoms with E-state index < -0.39 is 11.7 Å². The molecule has 1 aliphatic heterocycles. The molecule has 1 fully saturated rings. The summed E-state index contributed by atoms with van der Waals surface area (Å²) in [5.74, 6) is 0.232. The summed E-state index contributed by atoms with van der Waals surface area (Å²) in [6, 6.07) is 11.8. The fourth-order valence-corrected chi connectivity index (χ4v) is 5.98. The van der Waals surface area contributed by atoms with Gasteiger partial charge in [-0.05, 0) is 80.0 Å². The van der Waals surface area contributed by atoms with Crippen molar-refractivity contribution in [3.05, 3.63) is 76.7 Å². The number of hydrogen-bond donors (Lipinski definition) is 3. The summed E-state index contributed by atoms with van der Waals surface area (Å²) < 4.78 is 19.9. The van der Waals surface area contributed by atoms with Crippen LogP contribution in [-0.4, -0.2) is 39.7 Å². The second-order valence-corrected chi connectivity index (χ2v) is 10.8. The molecule has 0 radical (unpaired) electrons. The minimum absolute atomic E-state index is 0.0407. The molecular formula is C29H30FN3O4S. The van der Waals surface area contributed by atoms with E-state index in [1.807, 2.05) is 25.1 Å². The van der Waals surface area contributed by atoms with Crippen molar-refractivity contribution in [1.82, 2.24) is 15.6 Å². The molecule has 38 heavy (non-hydrogen) atoms. The summed E-state index contributed by atoms with van der Waals surface area (Å²) in [6.07, 6.45) is 5.47. The lowest BCUT2D eigenvalue weighted by Gasteiger charge is -2.30. The van der Waals surface area contributed by atoms with Crippen molar-refractivity contribution in [2.75, 3.05) is 5.75 Å². The molecule has 3 aromatic rings. The largest absolute Gasteiger partial charge is 0.507 e. The van der Waals surface area contributed by atoms with Gasteiger partial charge in [-0.25, -0.2) is 9.37 Å². The zero-order chi connectivity index (χ0) is 26.6. The monoisotopic (exact) mass is 535 g/mol. The molecule has 3 N–H and O–H groups in total. The SMILES string of the molecule is CCc1ccc(O)c(C(=O)NC2CCC(NC(=O)c3cc(F)cnc3Oc3ccc4c(c3)SCC4)CC2)c1. The molecule has 7 nitrogen and oxygen atoms in total. The maximum absolute atomic E-state index is 14.0. The van der Waals surface area contributed by atoms with Crippen molar-refractivity contribution in [1.29, 1.82) is 0 Å². The number of ether oxygens (including phenoxy) is 1. The third kappa shape index (κ3) is 5.93. The number of pyridine rings is 1. The molecule has 2 aliphatic rings. The third-order valence-electron chi connectivity index (χ3n) is 7.06. The molecule has 198 valence electrons. The van der Waals surface area contributed by atoms with Gasteiger partial charge in [-0.15, -0.1) is 11.8 Å². The number of phenolic OH excluding ortho intramolecular Hbond substituents is 1. The van der Waals surface area contributed by atoms with Crippen LogP contribution in [0.2, 0.25) is 0 Å². The number of halogens is 1. The van der Waals surface area contributed by atoms with Gasteiger partial charge in [-0.3, -0.25) is 9.59 Å². The quantitative estimate of drug-likeness (QED) is 0.375. The van der Waals surface area contributed by atoms with Gasteiger partial charge in [-0.1, -0.05) is 19.1 Å². The van der Waals surface area contributed by atoms with Crippen LogP contribution in [0.3, 0.4) is 0 Å². The number of aryl methyl sites for hydroxylation is 2. The summed E-state index contributed by atoms with van der Waals surface area (Å²) in [4.78, 5) is 31.0. The number of carbonyl (C=O) groups is 2. The Morgan fingerprint density at radius 1 is 1.03 bits per heavy atom. The molecule has 0 spiro atoms. The number of rotatable bonds is 7. The summed E-state index contributed by atoms with van der Waals surface area (Å²) in [6.45, 7) is 1.99. The zero-order valence-corrected chi connectivity index (χ0v) is 21.9. The van der Waals surface area contributed by atoms with Gasteiger partial charge in [0.1, 0.15) is 22.9 Å². The molecule has 2 aromatic carbocycles. The van der Waals surface area contributed by atoms with E-state index in [0.29, 0.717) is 31.4 Å². The Labute approximate surface area is 225 Å². The average molecular weight is 536 g/mol. The molecule has 2 heterocycles. The van der Waals surface area contributed by atoms with E-state index in [4.69, 9.17) is 4.74 Å². The van der Waals surface area contributed by atoms with Crippen LogP contribution in [-0.2, 0) is 12.8 Å². The third-order valence-corrected chi connectivity index (χ3v) is 8.16. The lowest BCUT2D eigenvalue weighted by atomic mass is 9.90. The second-order valence-electron chi connectivity index (χ2n) is 9.68. The molecular weight excluding hydrogens is 505 g/mol. The number of fused-ring (bicyclic) bond motifs is 1. The van der Waals surface area contributed by atoms with Crippen LogP contribution in [0.15, 0.2) is 53.6 Å². The first-order valence-electron chi connectivity index (χ1n) is 12.9. The first-order valence-corrected chi connectivity index (χ1v) is 13.9. The zero-order valence-electron chi connectivity index (χ0n) is 21.1. The van der Waals surface area contributed by atoms with E-state index in [-0.39, 0.29) is 40.7 Å². The Bertz CT molecular complexity index is 1360. The van der Waals surface area contributed by atoms with Crippen molar-refractivity contribution in [2.24, 2.45) is 0 Å². The Balaban J connectivity index is 1.19. The van der Waals surface area contributed by atoms with Crippen LogP contribution in [0.4, 0.5) is 4.39 Å². The number of nitrogens with zero attached hydrogens (tertiary/aromatic N) is 1. The van der Waals surface area contributed by atoms with Gasteiger partial charge in [0.05, 0.1) is 11.8 Å². The highest BCUT2D eigenvalue weighted by atomic mass is 32.2. The smallest absolute Gasteiger partial charge is 0.257 e. The molecule has 0 bridgehead atoms. The van der Waals surface area contributed by atoms with E-state index in [1.54, 1.807) is 30.0 Å². The summed E-state index contributed by atoms with van der Waals surface area (Å²) in [5.41, 5.74) is 2.56. The highest BCUT2D eigenvalue weighted by Gasteiger charge is 2.26. The predicted octanol–water partition coefficient (Wildman–Crippen LogP) is 5.40. The van der Waals surface area contributed by atoms with Crippen molar-refractivity contribution in [3.63, 3.8) is 0 Å². The molecule has 1 aromatic heterocycles. The van der Waals surface area contributed by atoms with Gasteiger partial charge in [-0.2, -0.15) is 0 Å². The number of carbonyl (C=O) groups excluding carboxylic acids is 2. The lowest BCUT2D eigenvalue weighted by molar-refractivity contribution is 0.0888. The second kappa shape index (κ2) is 11.4. The number of aromatic hydroxyl groups is 1. The molecule has 9 heteroatoms. The Kier molecular flexibility index (Phi) is 7.83. The average Bonchev–Trinajstić information content (AvgIpc) is 3.39. The van der Waals surface area contributed by atoms with Gasteiger partial charge < -0.3 is 20.5 Å². The number of aromatic nitrogens is 1. The standard InChI is InChI=1S/C29H30FN3O4S/c1-2-17-3-10-25(34)23(13-17)27(35)32-20-5-7-21(8-6-20)33-28(36)24-14-19(30)16-31-29(24)37-22-9-4-18-11-12-38-26(18)15-22/h3-4,9-10,13-16,20-21,34H,2,5-8,11-12H2,1H3,(H,32,35)(H,33,36). The van der Waals surface area contributed by atoms with E-state index in [2.05, 4.69) is 15.6 Å². The Hall–Kier alpha value is -3.59. The van der Waals surface area contributed by atoms with Crippen LogP contribution in [0.5, 0.6) is 17.4 Å². The van der Waals surface area contributed by atoms with Crippen molar-refractivity contribution in [2.45, 2.75) is 62.4 Å². The van der Waals surface area contributed by atoms with Crippen molar-refractivity contribution < 1.29 is 23.8 Å². The van der Waals surface area contributed by atoms with Crippen LogP contribution in [0, 0.1) is 5.82 Å². The van der Waals surface area contributed by atoms with E-state index >= 15 is 0 Å². The number of benzene rings is 2. The fraction of sp³-hybridized carbons (Fsp3) is 0.345. The minimum Gasteiger partial charge on any atom is -0.507 e. The maximum Gasteiger partial charge on any atom is 0.257 e. The van der Waals surface area contributed by atoms with Gasteiger partial charge in [0, 0.05) is 22.7 Å². The number of phenols is 1. The topological polar surface area (TPSA) is 101 Å². The molecule has 0 atom stereocenters. The fourth-order valence-electron chi connectivity index (χ4n) is 4.89. The van der Waals surface area contributed by atoms with Gasteiger partial charge in [0.25, 0.3) is 11.8 Å². The molecule has 5 rings (SSSR count). The van der Waals surface area contributed by atoms with Crippen LogP contribution in [0.1, 0.15) is 64.4 Å². The van der Waals surface area contributed by atoms with E-state index in [1.165, 1.54) is 5.56 Å². The van der Waals surface area contributed by atoms with E-state index in [0.717, 1.165) is 41.3 Å². The number of thioether (sulfide) groups is 1. The van der Waals surface area contributed by atoms with Crippen LogP contribution < -0.4 is 15.4 Å². The maximum atomic E-state index is 14.0. The number of nitrogens with one attached hydrogen (secondary N) is 2. The van der Waals surface area contributed by atoms with Crippen LogP contribution >= 0.6 is 11.8 Å². The minimum atomic E-state index is -0.617. The number of amides is 2. The highest BCUT2D eigenvalue weighted by molar-refractivity contribution is 7.99. The number of hydrogen-bond acceptors (Lipinski definition) is 6. The first kappa shape index (κ1) is 26.0. The molecule has 2 amide bonds. The molecule has 0 unspecified atom stereocenters. The van der Waals surface area contributed by atoms with E-state index in [9.17, 15) is 19.1 Å². The summed E-state index contributed by atoms with van der Waals surface area (Å²) >= 11 is 1.76. The summed E-state index contributed by atoms with van der Waals surface area (Å²) in [5, 5.41) is 16.1. The highest BCUT2D eigenvalue weighted by Crippen LogP contribution is 2.35. The summed E-state index contributed by atoms with van der Waals surface area (Å²) in [7, 11) is 0. The Morgan fingerprint density at radius 2 is 1.74 bits per heavy atom. The van der Waals surface area contributed by atoms with Crippen molar-refractivity contribution in [3.8, 4) is 17.4 Å². The van der Waals surface area contributed by atoms with Crippen LogP contribution in [0.25, 0.3) is 0 Å². The normalized spacial score (nSPS) is 18.5.